The fourth-order valence-corrected chi connectivity index (χ4v) is 2.90. The van der Waals surface area contributed by atoms with Crippen LogP contribution in [0.1, 0.15) is 36.2 Å². The lowest BCUT2D eigenvalue weighted by atomic mass is 9.78. The quantitative estimate of drug-likeness (QED) is 0.564. The van der Waals surface area contributed by atoms with E-state index in [9.17, 15) is 4.79 Å². The van der Waals surface area contributed by atoms with Crippen molar-refractivity contribution in [2.45, 2.75) is 25.8 Å². The van der Waals surface area contributed by atoms with E-state index in [2.05, 4.69) is 31.3 Å². The Bertz CT molecular complexity index is 696. The summed E-state index contributed by atoms with van der Waals surface area (Å²) in [6.07, 6.45) is 2.54. The maximum atomic E-state index is 12.4. The van der Waals surface area contributed by atoms with Crippen molar-refractivity contribution in [1.29, 1.82) is 0 Å². The third kappa shape index (κ3) is 4.28. The number of nitrogens with one attached hydrogen (secondary N) is 2. The van der Waals surface area contributed by atoms with Gasteiger partial charge >= 0.3 is 0 Å². The van der Waals surface area contributed by atoms with Crippen LogP contribution in [0.25, 0.3) is 0 Å². The molecule has 2 rings (SSSR count). The molecule has 0 aliphatic heterocycles. The Hall–Kier alpha value is -2.59. The van der Waals surface area contributed by atoms with E-state index in [4.69, 9.17) is 4.74 Å². The second-order valence-corrected chi connectivity index (χ2v) is 6.29. The van der Waals surface area contributed by atoms with Gasteiger partial charge in [0.2, 0.25) is 0 Å². The van der Waals surface area contributed by atoms with Crippen LogP contribution < -0.4 is 15.6 Å². The van der Waals surface area contributed by atoms with E-state index in [1.54, 1.807) is 19.2 Å². The highest BCUT2D eigenvalue weighted by atomic mass is 16.5. The molecule has 0 aliphatic carbocycles. The summed E-state index contributed by atoms with van der Waals surface area (Å²) in [4.78, 5) is 12.4. The second kappa shape index (κ2) is 8.49. The van der Waals surface area contributed by atoms with Crippen molar-refractivity contribution in [3.63, 3.8) is 0 Å². The number of amides is 1. The zero-order chi connectivity index (χ0) is 18.3. The Morgan fingerprint density at radius 1 is 1.16 bits per heavy atom. The molecule has 0 radical (unpaired) electrons. The summed E-state index contributed by atoms with van der Waals surface area (Å²) in [6, 6.07) is 17.0. The molecule has 1 amide bonds. The van der Waals surface area contributed by atoms with Crippen molar-refractivity contribution < 1.29 is 9.53 Å². The molecule has 4 heteroatoms. The summed E-state index contributed by atoms with van der Waals surface area (Å²) in [5, 5.41) is 0. The fourth-order valence-electron chi connectivity index (χ4n) is 2.90. The van der Waals surface area contributed by atoms with Crippen LogP contribution in [0, 0.1) is 5.92 Å². The number of hydrazine groups is 1. The van der Waals surface area contributed by atoms with Gasteiger partial charge in [-0.3, -0.25) is 10.2 Å². The molecule has 0 saturated heterocycles. The first kappa shape index (κ1) is 18.7. The highest BCUT2D eigenvalue weighted by Gasteiger charge is 2.35. The SMILES string of the molecule is C=CC[C@@](NNC(=O)c1ccccc1)(c1ccc(OC)cc1)C(C)C. The van der Waals surface area contributed by atoms with E-state index in [-0.39, 0.29) is 11.8 Å². The number of ether oxygens (including phenoxy) is 1. The third-order valence-electron chi connectivity index (χ3n) is 4.49. The van der Waals surface area contributed by atoms with E-state index in [0.29, 0.717) is 12.0 Å². The summed E-state index contributed by atoms with van der Waals surface area (Å²) >= 11 is 0. The Balaban J connectivity index is 2.28. The van der Waals surface area contributed by atoms with Gasteiger partial charge in [0.15, 0.2) is 0 Å². The van der Waals surface area contributed by atoms with E-state index in [1.165, 1.54) is 0 Å². The summed E-state index contributed by atoms with van der Waals surface area (Å²) < 4.78 is 5.25. The van der Waals surface area contributed by atoms with Crippen LogP contribution in [0.2, 0.25) is 0 Å². The molecule has 0 unspecified atom stereocenters. The zero-order valence-corrected chi connectivity index (χ0v) is 15.1. The van der Waals surface area contributed by atoms with Gasteiger partial charge in [-0.05, 0) is 42.2 Å². The molecule has 2 aromatic rings. The molecule has 0 aliphatic rings. The Morgan fingerprint density at radius 3 is 2.32 bits per heavy atom. The number of hydrogen-bond donors (Lipinski definition) is 2. The highest BCUT2D eigenvalue weighted by Crippen LogP contribution is 2.34. The summed E-state index contributed by atoms with van der Waals surface area (Å²) in [7, 11) is 1.65. The van der Waals surface area contributed by atoms with Crippen LogP contribution in [0.4, 0.5) is 0 Å². The van der Waals surface area contributed by atoms with E-state index < -0.39 is 5.54 Å². The van der Waals surface area contributed by atoms with Gasteiger partial charge in [-0.2, -0.15) is 0 Å². The summed E-state index contributed by atoms with van der Waals surface area (Å²) in [5.74, 6) is 0.853. The van der Waals surface area contributed by atoms with Crippen molar-refractivity contribution in [1.82, 2.24) is 10.9 Å². The van der Waals surface area contributed by atoms with Crippen LogP contribution in [0.5, 0.6) is 5.75 Å². The molecule has 0 heterocycles. The standard InChI is InChI=1S/C21H26N2O2/c1-5-15-21(16(2)3,18-11-13-19(25-4)14-12-18)23-22-20(24)17-9-7-6-8-10-17/h5-14,16,23H,1,15H2,2-4H3,(H,22,24)/t21-/m0/s1. The van der Waals surface area contributed by atoms with E-state index in [1.807, 2.05) is 48.5 Å². The minimum absolute atomic E-state index is 0.164. The van der Waals surface area contributed by atoms with Gasteiger partial charge in [-0.15, -0.1) is 6.58 Å². The number of rotatable bonds is 8. The molecule has 4 nitrogen and oxygen atoms in total. The van der Waals surface area contributed by atoms with Gasteiger partial charge in [0, 0.05) is 5.56 Å². The predicted octanol–water partition coefficient (Wildman–Crippen LogP) is 4.06. The zero-order valence-electron chi connectivity index (χ0n) is 15.1. The number of carbonyl (C=O) groups is 1. The molecule has 0 saturated carbocycles. The monoisotopic (exact) mass is 338 g/mol. The van der Waals surface area contributed by atoms with E-state index in [0.717, 1.165) is 11.3 Å². The molecule has 0 aromatic heterocycles. The first-order valence-electron chi connectivity index (χ1n) is 8.41. The first-order chi connectivity index (χ1) is 12.0. The molecule has 25 heavy (non-hydrogen) atoms. The van der Waals surface area contributed by atoms with Crippen molar-refractivity contribution in [3.05, 3.63) is 78.4 Å². The molecule has 0 spiro atoms. The van der Waals surface area contributed by atoms with Crippen LogP contribution in [-0.2, 0) is 5.54 Å². The van der Waals surface area contributed by atoms with Crippen molar-refractivity contribution >= 4 is 5.91 Å². The second-order valence-electron chi connectivity index (χ2n) is 6.29. The average Bonchev–Trinajstić information content (AvgIpc) is 2.65. The summed E-state index contributed by atoms with van der Waals surface area (Å²) in [6.45, 7) is 8.14. The Morgan fingerprint density at radius 2 is 1.80 bits per heavy atom. The van der Waals surface area contributed by atoms with Gasteiger partial charge in [0.1, 0.15) is 5.75 Å². The molecule has 0 fully saturated rings. The van der Waals surface area contributed by atoms with Gasteiger partial charge in [0.05, 0.1) is 12.6 Å². The Labute approximate surface area is 149 Å². The first-order valence-corrected chi connectivity index (χ1v) is 8.41. The molecular formula is C21H26N2O2. The highest BCUT2D eigenvalue weighted by molar-refractivity contribution is 5.93. The predicted molar refractivity (Wildman–Crippen MR) is 101 cm³/mol. The molecule has 132 valence electrons. The topological polar surface area (TPSA) is 50.4 Å². The van der Waals surface area contributed by atoms with Crippen molar-refractivity contribution in [3.8, 4) is 5.75 Å². The lowest BCUT2D eigenvalue weighted by Gasteiger charge is -2.38. The van der Waals surface area contributed by atoms with Crippen molar-refractivity contribution in [2.75, 3.05) is 7.11 Å². The third-order valence-corrected chi connectivity index (χ3v) is 4.49. The maximum Gasteiger partial charge on any atom is 0.265 e. The molecule has 1 atom stereocenters. The van der Waals surface area contributed by atoms with Gasteiger partial charge in [-0.25, -0.2) is 5.43 Å². The van der Waals surface area contributed by atoms with Crippen LogP contribution in [0.3, 0.4) is 0 Å². The van der Waals surface area contributed by atoms with E-state index >= 15 is 0 Å². The molecule has 2 aromatic carbocycles. The number of hydrogen-bond acceptors (Lipinski definition) is 3. The molecule has 2 N–H and O–H groups in total. The van der Waals surface area contributed by atoms with Crippen molar-refractivity contribution in [2.24, 2.45) is 5.92 Å². The summed E-state index contributed by atoms with van der Waals surface area (Å²) in [5.41, 5.74) is 7.36. The molecular weight excluding hydrogens is 312 g/mol. The van der Waals surface area contributed by atoms with Gasteiger partial charge in [0.25, 0.3) is 5.91 Å². The fraction of sp³-hybridized carbons (Fsp3) is 0.286. The Kier molecular flexibility index (Phi) is 6.37. The van der Waals surface area contributed by atoms with Gasteiger partial charge < -0.3 is 4.74 Å². The molecule has 0 bridgehead atoms. The van der Waals surface area contributed by atoms with Crippen LogP contribution in [0.15, 0.2) is 67.3 Å². The largest absolute Gasteiger partial charge is 0.497 e. The van der Waals surface area contributed by atoms with Crippen LogP contribution >= 0.6 is 0 Å². The van der Waals surface area contributed by atoms with Gasteiger partial charge in [-0.1, -0.05) is 50.3 Å². The average molecular weight is 338 g/mol. The lowest BCUT2D eigenvalue weighted by Crippen LogP contribution is -2.54. The normalized spacial score (nSPS) is 13.1. The van der Waals surface area contributed by atoms with Crippen LogP contribution in [-0.4, -0.2) is 13.0 Å². The minimum Gasteiger partial charge on any atom is -0.497 e. The number of carbonyl (C=O) groups excluding carboxylic acids is 1. The number of benzene rings is 2. The number of methoxy groups -OCH3 is 1. The maximum absolute atomic E-state index is 12.4. The minimum atomic E-state index is -0.460. The lowest BCUT2D eigenvalue weighted by molar-refractivity contribution is 0.0880. The smallest absolute Gasteiger partial charge is 0.265 e.